The summed E-state index contributed by atoms with van der Waals surface area (Å²) in [5, 5.41) is 10.0. The van der Waals surface area contributed by atoms with Crippen LogP contribution in [-0.2, 0) is 4.79 Å². The molecule has 0 aromatic heterocycles. The Morgan fingerprint density at radius 1 is 1.18 bits per heavy atom. The van der Waals surface area contributed by atoms with E-state index in [1.807, 2.05) is 6.08 Å². The molecule has 0 saturated heterocycles. The molecule has 22 heavy (non-hydrogen) atoms. The summed E-state index contributed by atoms with van der Waals surface area (Å²) in [6.45, 7) is 7.10. The fourth-order valence-electron chi connectivity index (χ4n) is 6.95. The van der Waals surface area contributed by atoms with Crippen LogP contribution in [-0.4, -0.2) is 17.0 Å². The van der Waals surface area contributed by atoms with Crippen molar-refractivity contribution in [1.82, 2.24) is 0 Å². The van der Waals surface area contributed by atoms with Gasteiger partial charge in [-0.2, -0.15) is 0 Å². The van der Waals surface area contributed by atoms with Gasteiger partial charge in [-0.25, -0.2) is 0 Å². The van der Waals surface area contributed by atoms with Gasteiger partial charge < -0.3 is 5.11 Å². The summed E-state index contributed by atoms with van der Waals surface area (Å²) >= 11 is 0. The van der Waals surface area contributed by atoms with Crippen LogP contribution in [0.15, 0.2) is 12.2 Å². The van der Waals surface area contributed by atoms with Gasteiger partial charge in [-0.3, -0.25) is 4.79 Å². The SMILES string of the molecule is C[C@@H]1C[C@H]2C[C@@H](O)C=C[C@]2(C)C2CC[C@]3(C)C(=O)CCC3C21. The fraction of sp³-hybridized carbons (Fsp3) is 0.850. The molecule has 3 unspecified atom stereocenters. The molecule has 0 spiro atoms. The molecular weight excluding hydrogens is 272 g/mol. The van der Waals surface area contributed by atoms with E-state index >= 15 is 0 Å². The Kier molecular flexibility index (Phi) is 3.18. The second kappa shape index (κ2) is 4.69. The normalized spacial score (nSPS) is 57.2. The van der Waals surface area contributed by atoms with Gasteiger partial charge in [0.05, 0.1) is 6.10 Å². The lowest BCUT2D eigenvalue weighted by atomic mass is 9.44. The van der Waals surface area contributed by atoms with Crippen molar-refractivity contribution in [3.8, 4) is 0 Å². The highest BCUT2D eigenvalue weighted by molar-refractivity contribution is 5.87. The van der Waals surface area contributed by atoms with Crippen molar-refractivity contribution in [2.24, 2.45) is 40.4 Å². The standard InChI is InChI=1S/C20H30O2/c1-12-10-13-11-14(21)6-8-19(13,2)16-7-9-20(3)15(18(12)16)4-5-17(20)22/h6,8,12-16,18,21H,4-5,7,9-11H2,1-3H3/t12-,13+,14+,15?,16?,18?,19+,20+/m1/s1. The summed E-state index contributed by atoms with van der Waals surface area (Å²) < 4.78 is 0. The van der Waals surface area contributed by atoms with Crippen LogP contribution in [0.4, 0.5) is 0 Å². The summed E-state index contributed by atoms with van der Waals surface area (Å²) in [7, 11) is 0. The zero-order valence-corrected chi connectivity index (χ0v) is 14.2. The maximum atomic E-state index is 12.5. The number of hydrogen-bond donors (Lipinski definition) is 1. The zero-order chi connectivity index (χ0) is 15.7. The molecule has 0 radical (unpaired) electrons. The van der Waals surface area contributed by atoms with Gasteiger partial charge in [0.2, 0.25) is 0 Å². The largest absolute Gasteiger partial charge is 0.389 e. The van der Waals surface area contributed by atoms with Crippen LogP contribution in [0.1, 0.15) is 59.3 Å². The third-order valence-corrected chi connectivity index (χ3v) is 8.24. The van der Waals surface area contributed by atoms with E-state index in [0.29, 0.717) is 35.4 Å². The molecule has 4 aliphatic rings. The maximum Gasteiger partial charge on any atom is 0.139 e. The quantitative estimate of drug-likeness (QED) is 0.687. The maximum absolute atomic E-state index is 12.5. The number of aliphatic hydroxyl groups excluding tert-OH is 1. The van der Waals surface area contributed by atoms with E-state index in [-0.39, 0.29) is 16.9 Å². The lowest BCUT2D eigenvalue weighted by Gasteiger charge is -2.60. The van der Waals surface area contributed by atoms with Crippen molar-refractivity contribution in [3.05, 3.63) is 12.2 Å². The summed E-state index contributed by atoms with van der Waals surface area (Å²) in [6.07, 6.45) is 10.5. The molecule has 8 atom stereocenters. The molecule has 2 nitrogen and oxygen atoms in total. The van der Waals surface area contributed by atoms with Gasteiger partial charge in [0.25, 0.3) is 0 Å². The minimum Gasteiger partial charge on any atom is -0.389 e. The molecular formula is C20H30O2. The summed E-state index contributed by atoms with van der Waals surface area (Å²) in [5.41, 5.74) is 0.208. The van der Waals surface area contributed by atoms with Gasteiger partial charge in [-0.05, 0) is 67.1 Å². The first-order chi connectivity index (χ1) is 10.4. The fourth-order valence-corrected chi connectivity index (χ4v) is 6.95. The smallest absolute Gasteiger partial charge is 0.139 e. The lowest BCUT2D eigenvalue weighted by molar-refractivity contribution is -0.139. The first-order valence-corrected chi connectivity index (χ1v) is 9.27. The Morgan fingerprint density at radius 2 is 1.95 bits per heavy atom. The molecule has 4 aliphatic carbocycles. The Morgan fingerprint density at radius 3 is 2.73 bits per heavy atom. The van der Waals surface area contributed by atoms with Crippen molar-refractivity contribution in [1.29, 1.82) is 0 Å². The predicted molar refractivity (Wildman–Crippen MR) is 87.2 cm³/mol. The zero-order valence-electron chi connectivity index (χ0n) is 14.2. The molecule has 3 saturated carbocycles. The number of allylic oxidation sites excluding steroid dienone is 1. The second-order valence-corrected chi connectivity index (χ2v) is 9.15. The Bertz CT molecular complexity index is 524. The van der Waals surface area contributed by atoms with Crippen molar-refractivity contribution in [2.75, 3.05) is 0 Å². The molecule has 1 N–H and O–H groups in total. The molecule has 0 aliphatic heterocycles. The number of rotatable bonds is 0. The predicted octanol–water partition coefficient (Wildman–Crippen LogP) is 3.98. The van der Waals surface area contributed by atoms with Crippen molar-refractivity contribution in [2.45, 2.75) is 65.4 Å². The van der Waals surface area contributed by atoms with Crippen LogP contribution in [0.3, 0.4) is 0 Å². The van der Waals surface area contributed by atoms with E-state index in [1.54, 1.807) is 0 Å². The van der Waals surface area contributed by atoms with Gasteiger partial charge in [0.15, 0.2) is 0 Å². The van der Waals surface area contributed by atoms with E-state index in [9.17, 15) is 9.90 Å². The second-order valence-electron chi connectivity index (χ2n) is 9.15. The Labute approximate surface area is 134 Å². The molecule has 0 amide bonds. The highest BCUT2D eigenvalue weighted by atomic mass is 16.3. The van der Waals surface area contributed by atoms with Crippen LogP contribution < -0.4 is 0 Å². The van der Waals surface area contributed by atoms with Crippen LogP contribution in [0, 0.1) is 40.4 Å². The monoisotopic (exact) mass is 302 g/mol. The van der Waals surface area contributed by atoms with E-state index in [2.05, 4.69) is 26.8 Å². The van der Waals surface area contributed by atoms with Crippen molar-refractivity contribution >= 4 is 5.78 Å². The molecule has 0 heterocycles. The first-order valence-electron chi connectivity index (χ1n) is 9.27. The summed E-state index contributed by atoms with van der Waals surface area (Å²) in [5.74, 6) is 3.85. The van der Waals surface area contributed by atoms with E-state index in [0.717, 1.165) is 25.7 Å². The van der Waals surface area contributed by atoms with E-state index in [1.165, 1.54) is 12.8 Å². The molecule has 3 fully saturated rings. The minimum absolute atomic E-state index is 0.0312. The van der Waals surface area contributed by atoms with Gasteiger partial charge in [0.1, 0.15) is 5.78 Å². The number of Topliss-reactive ketones (excluding diaryl/α,β-unsaturated/α-hetero) is 1. The van der Waals surface area contributed by atoms with Crippen LogP contribution >= 0.6 is 0 Å². The molecule has 4 rings (SSSR count). The van der Waals surface area contributed by atoms with Gasteiger partial charge >= 0.3 is 0 Å². The minimum atomic E-state index is -0.247. The molecule has 0 aromatic rings. The average Bonchev–Trinajstić information content (AvgIpc) is 2.77. The van der Waals surface area contributed by atoms with Gasteiger partial charge in [0, 0.05) is 11.8 Å². The average molecular weight is 302 g/mol. The van der Waals surface area contributed by atoms with Gasteiger partial charge in [-0.15, -0.1) is 0 Å². The van der Waals surface area contributed by atoms with Crippen LogP contribution in [0.25, 0.3) is 0 Å². The number of carbonyl (C=O) groups is 1. The first kappa shape index (κ1) is 14.9. The highest BCUT2D eigenvalue weighted by Crippen LogP contribution is 2.65. The van der Waals surface area contributed by atoms with E-state index in [4.69, 9.17) is 0 Å². The van der Waals surface area contributed by atoms with Gasteiger partial charge in [-0.1, -0.05) is 32.9 Å². The molecule has 2 heteroatoms. The highest BCUT2D eigenvalue weighted by Gasteiger charge is 2.61. The third-order valence-electron chi connectivity index (χ3n) is 8.24. The Balaban J connectivity index is 1.73. The number of aliphatic hydroxyl groups is 1. The van der Waals surface area contributed by atoms with Crippen molar-refractivity contribution in [3.63, 3.8) is 0 Å². The number of ketones is 1. The van der Waals surface area contributed by atoms with Crippen LogP contribution in [0.5, 0.6) is 0 Å². The van der Waals surface area contributed by atoms with Crippen LogP contribution in [0.2, 0.25) is 0 Å². The molecule has 122 valence electrons. The lowest BCUT2D eigenvalue weighted by Crippen LogP contribution is -2.55. The molecule has 0 aromatic carbocycles. The van der Waals surface area contributed by atoms with Crippen molar-refractivity contribution < 1.29 is 9.90 Å². The molecule has 0 bridgehead atoms. The third kappa shape index (κ3) is 1.79. The summed E-state index contributed by atoms with van der Waals surface area (Å²) in [6, 6.07) is 0. The number of fused-ring (bicyclic) bond motifs is 5. The Hall–Kier alpha value is -0.630. The summed E-state index contributed by atoms with van der Waals surface area (Å²) in [4.78, 5) is 12.5. The number of carbonyl (C=O) groups excluding carboxylic acids is 1. The topological polar surface area (TPSA) is 37.3 Å². The number of hydrogen-bond acceptors (Lipinski definition) is 2. The van der Waals surface area contributed by atoms with E-state index < -0.39 is 0 Å².